The highest BCUT2D eigenvalue weighted by Gasteiger charge is 2.38. The molecule has 2 fully saturated rings. The van der Waals surface area contributed by atoms with E-state index in [9.17, 15) is 9.59 Å². The molecule has 0 aromatic heterocycles. The highest BCUT2D eigenvalue weighted by Crippen LogP contribution is 2.25. The van der Waals surface area contributed by atoms with E-state index in [1.165, 1.54) is 17.7 Å². The monoisotopic (exact) mass is 238 g/mol. The number of carbonyl (C=O) groups excluding carboxylic acids is 2. The molecule has 0 bridgehead atoms. The lowest BCUT2D eigenvalue weighted by Crippen LogP contribution is -2.44. The van der Waals surface area contributed by atoms with Gasteiger partial charge in [0.25, 0.3) is 0 Å². The predicted molar refractivity (Wildman–Crippen MR) is 65.4 cm³/mol. The van der Waals surface area contributed by atoms with Crippen LogP contribution >= 0.6 is 0 Å². The van der Waals surface area contributed by atoms with Crippen LogP contribution in [0.2, 0.25) is 0 Å². The van der Waals surface area contributed by atoms with Crippen LogP contribution in [0.3, 0.4) is 0 Å². The summed E-state index contributed by atoms with van der Waals surface area (Å²) >= 11 is 0. The summed E-state index contributed by atoms with van der Waals surface area (Å²) in [5.74, 6) is 0.747. The Balaban J connectivity index is 1.88. The van der Waals surface area contributed by atoms with Crippen LogP contribution in [0.1, 0.15) is 46.0 Å². The van der Waals surface area contributed by atoms with E-state index in [0.29, 0.717) is 19.0 Å². The molecule has 2 amide bonds. The highest BCUT2D eigenvalue weighted by molar-refractivity contribution is 6.05. The van der Waals surface area contributed by atoms with Gasteiger partial charge in [-0.15, -0.1) is 0 Å². The Bertz CT molecular complexity index is 309. The number of imide groups is 1. The van der Waals surface area contributed by atoms with E-state index in [1.54, 1.807) is 0 Å². The zero-order valence-electron chi connectivity index (χ0n) is 10.7. The number of rotatable bonds is 3. The van der Waals surface area contributed by atoms with Crippen LogP contribution in [-0.2, 0) is 9.59 Å². The topological polar surface area (TPSA) is 49.4 Å². The fourth-order valence-electron chi connectivity index (χ4n) is 2.86. The van der Waals surface area contributed by atoms with Crippen LogP contribution in [0.25, 0.3) is 0 Å². The third-order valence-electron chi connectivity index (χ3n) is 4.01. The SMILES string of the molecule is CCN1C(=O)CC(NC2CCC(C)CC2)C1=O. The van der Waals surface area contributed by atoms with E-state index in [2.05, 4.69) is 12.2 Å². The van der Waals surface area contributed by atoms with Gasteiger partial charge in [0.2, 0.25) is 11.8 Å². The lowest BCUT2D eigenvalue weighted by Gasteiger charge is -2.28. The molecular weight excluding hydrogens is 216 g/mol. The van der Waals surface area contributed by atoms with Crippen molar-refractivity contribution in [2.24, 2.45) is 5.92 Å². The molecule has 2 rings (SSSR count). The molecule has 0 aromatic carbocycles. The van der Waals surface area contributed by atoms with Crippen molar-refractivity contribution < 1.29 is 9.59 Å². The van der Waals surface area contributed by atoms with E-state index in [4.69, 9.17) is 0 Å². The Morgan fingerprint density at radius 3 is 2.41 bits per heavy atom. The summed E-state index contributed by atoms with van der Waals surface area (Å²) in [6.07, 6.45) is 5.06. The van der Waals surface area contributed by atoms with Crippen molar-refractivity contribution in [3.63, 3.8) is 0 Å². The molecule has 17 heavy (non-hydrogen) atoms. The number of nitrogens with one attached hydrogen (secondary N) is 1. The van der Waals surface area contributed by atoms with Crippen molar-refractivity contribution in [3.05, 3.63) is 0 Å². The minimum absolute atomic E-state index is 0.0285. The molecule has 1 unspecified atom stereocenters. The van der Waals surface area contributed by atoms with Crippen LogP contribution in [0, 0.1) is 5.92 Å². The van der Waals surface area contributed by atoms with Crippen LogP contribution in [0.5, 0.6) is 0 Å². The first kappa shape index (κ1) is 12.6. The standard InChI is InChI=1S/C13H22N2O2/c1-3-15-12(16)8-11(13(15)17)14-10-6-4-9(2)5-7-10/h9-11,14H,3-8H2,1-2H3. The van der Waals surface area contributed by atoms with Gasteiger partial charge < -0.3 is 5.32 Å². The van der Waals surface area contributed by atoms with Gasteiger partial charge in [-0.2, -0.15) is 0 Å². The maximum atomic E-state index is 11.9. The van der Waals surface area contributed by atoms with Crippen molar-refractivity contribution in [2.75, 3.05) is 6.54 Å². The number of amides is 2. The molecule has 1 aliphatic heterocycles. The van der Waals surface area contributed by atoms with Gasteiger partial charge in [-0.1, -0.05) is 6.92 Å². The largest absolute Gasteiger partial charge is 0.303 e. The van der Waals surface area contributed by atoms with Crippen molar-refractivity contribution >= 4 is 11.8 Å². The smallest absolute Gasteiger partial charge is 0.246 e. The normalized spacial score (nSPS) is 34.5. The molecule has 0 spiro atoms. The minimum atomic E-state index is -0.263. The molecule has 1 aliphatic carbocycles. The first-order valence-corrected chi connectivity index (χ1v) is 6.72. The Kier molecular flexibility index (Phi) is 3.82. The zero-order chi connectivity index (χ0) is 12.4. The van der Waals surface area contributed by atoms with Gasteiger partial charge in [0.05, 0.1) is 12.5 Å². The van der Waals surface area contributed by atoms with E-state index < -0.39 is 0 Å². The second-order valence-electron chi connectivity index (χ2n) is 5.36. The van der Waals surface area contributed by atoms with Crippen LogP contribution in [-0.4, -0.2) is 35.3 Å². The number of hydrogen-bond acceptors (Lipinski definition) is 3. The highest BCUT2D eigenvalue weighted by atomic mass is 16.2. The molecule has 4 nitrogen and oxygen atoms in total. The third kappa shape index (κ3) is 2.68. The van der Waals surface area contributed by atoms with Gasteiger partial charge in [-0.25, -0.2) is 0 Å². The Morgan fingerprint density at radius 1 is 1.24 bits per heavy atom. The fourth-order valence-corrected chi connectivity index (χ4v) is 2.86. The molecular formula is C13H22N2O2. The molecule has 0 radical (unpaired) electrons. The minimum Gasteiger partial charge on any atom is -0.303 e. The van der Waals surface area contributed by atoms with E-state index in [0.717, 1.165) is 18.8 Å². The summed E-state index contributed by atoms with van der Waals surface area (Å²) in [6, 6.07) is 0.158. The fraction of sp³-hybridized carbons (Fsp3) is 0.846. The third-order valence-corrected chi connectivity index (χ3v) is 4.01. The summed E-state index contributed by atoms with van der Waals surface area (Å²) in [7, 11) is 0. The number of carbonyl (C=O) groups is 2. The molecule has 0 aromatic rings. The zero-order valence-corrected chi connectivity index (χ0v) is 10.7. The summed E-state index contributed by atoms with van der Waals surface area (Å²) in [6.45, 7) is 4.62. The van der Waals surface area contributed by atoms with Crippen LogP contribution in [0.15, 0.2) is 0 Å². The second kappa shape index (κ2) is 5.17. The van der Waals surface area contributed by atoms with E-state index in [-0.39, 0.29) is 17.9 Å². The Labute approximate surface area is 103 Å². The first-order valence-electron chi connectivity index (χ1n) is 6.72. The van der Waals surface area contributed by atoms with Crippen molar-refractivity contribution in [1.29, 1.82) is 0 Å². The molecule has 1 atom stereocenters. The number of likely N-dealkylation sites (tertiary alicyclic amines) is 1. The quantitative estimate of drug-likeness (QED) is 0.754. The van der Waals surface area contributed by atoms with Gasteiger partial charge in [0, 0.05) is 12.6 Å². The van der Waals surface area contributed by atoms with E-state index >= 15 is 0 Å². The molecule has 1 saturated carbocycles. The molecule has 1 saturated heterocycles. The molecule has 2 aliphatic rings. The van der Waals surface area contributed by atoms with E-state index in [1.807, 2.05) is 6.92 Å². The second-order valence-corrected chi connectivity index (χ2v) is 5.36. The number of nitrogens with zero attached hydrogens (tertiary/aromatic N) is 1. The molecule has 96 valence electrons. The van der Waals surface area contributed by atoms with Gasteiger partial charge >= 0.3 is 0 Å². The van der Waals surface area contributed by atoms with Gasteiger partial charge in [-0.05, 0) is 38.5 Å². The average molecular weight is 238 g/mol. The van der Waals surface area contributed by atoms with Crippen molar-refractivity contribution in [3.8, 4) is 0 Å². The molecule has 4 heteroatoms. The van der Waals surface area contributed by atoms with Crippen LogP contribution in [0.4, 0.5) is 0 Å². The maximum absolute atomic E-state index is 11.9. The van der Waals surface area contributed by atoms with Gasteiger partial charge in [-0.3, -0.25) is 14.5 Å². The molecule has 1 N–H and O–H groups in total. The molecule has 1 heterocycles. The summed E-state index contributed by atoms with van der Waals surface area (Å²) in [5.41, 5.74) is 0. The van der Waals surface area contributed by atoms with Gasteiger partial charge in [0.15, 0.2) is 0 Å². The maximum Gasteiger partial charge on any atom is 0.246 e. The first-order chi connectivity index (χ1) is 8.11. The lowest BCUT2D eigenvalue weighted by molar-refractivity contribution is -0.138. The van der Waals surface area contributed by atoms with Crippen molar-refractivity contribution in [2.45, 2.75) is 58.0 Å². The summed E-state index contributed by atoms with van der Waals surface area (Å²) < 4.78 is 0. The number of hydrogen-bond donors (Lipinski definition) is 1. The Hall–Kier alpha value is -0.900. The van der Waals surface area contributed by atoms with Gasteiger partial charge in [0.1, 0.15) is 0 Å². The average Bonchev–Trinajstić information content (AvgIpc) is 2.57. The lowest BCUT2D eigenvalue weighted by atomic mass is 9.87. The number of likely N-dealkylation sites (N-methyl/N-ethyl adjacent to an activating group) is 1. The summed E-state index contributed by atoms with van der Waals surface area (Å²) in [5, 5.41) is 3.37. The predicted octanol–water partition coefficient (Wildman–Crippen LogP) is 1.30. The van der Waals surface area contributed by atoms with Crippen LogP contribution < -0.4 is 5.32 Å². The Morgan fingerprint density at radius 2 is 1.88 bits per heavy atom. The van der Waals surface area contributed by atoms with Crippen molar-refractivity contribution in [1.82, 2.24) is 10.2 Å². The summed E-state index contributed by atoms with van der Waals surface area (Å²) in [4.78, 5) is 24.9.